The Morgan fingerprint density at radius 2 is 1.55 bits per heavy atom. The number of ketones is 2. The summed E-state index contributed by atoms with van der Waals surface area (Å²) >= 11 is 6.16. The van der Waals surface area contributed by atoms with Gasteiger partial charge in [0, 0.05) is 18.4 Å². The molecule has 0 aliphatic heterocycles. The topological polar surface area (TPSA) is 51.2 Å². The summed E-state index contributed by atoms with van der Waals surface area (Å²) in [5.41, 5.74) is 0.511. The number of hydrogen-bond donors (Lipinski definition) is 0. The highest BCUT2D eigenvalue weighted by Crippen LogP contribution is 2.43. The first-order chi connectivity index (χ1) is 9.45. The molecule has 0 saturated carbocycles. The molecule has 20 heavy (non-hydrogen) atoms. The molecule has 0 heterocycles. The van der Waals surface area contributed by atoms with E-state index in [4.69, 9.17) is 11.6 Å². The number of alkyl halides is 1. The zero-order chi connectivity index (χ0) is 15.2. The summed E-state index contributed by atoms with van der Waals surface area (Å²) < 4.78 is -1.67. The molecule has 1 aromatic rings. The van der Waals surface area contributed by atoms with Crippen molar-refractivity contribution in [3.63, 3.8) is 0 Å². The largest absolute Gasteiger partial charge is 0.296 e. The molecule has 0 bridgehead atoms. The van der Waals surface area contributed by atoms with Crippen molar-refractivity contribution in [3.8, 4) is 0 Å². The average Bonchev–Trinajstić information content (AvgIpc) is 2.51. The van der Waals surface area contributed by atoms with Gasteiger partial charge in [-0.1, -0.05) is 55.8 Å². The normalized spacial score (nSPS) is 11.2. The van der Waals surface area contributed by atoms with E-state index in [-0.39, 0.29) is 29.5 Å². The molecule has 0 radical (unpaired) electrons. The van der Waals surface area contributed by atoms with Gasteiger partial charge in [0.1, 0.15) is 0 Å². The molecule has 0 N–H and O–H groups in total. The van der Waals surface area contributed by atoms with Crippen LogP contribution in [0.15, 0.2) is 30.3 Å². The van der Waals surface area contributed by atoms with Gasteiger partial charge in [-0.15, -0.1) is 0 Å². The SMILES string of the molecule is CCC(=O)C(Cl)(SSC(=O)c1ccccc1)C(=O)CC. The van der Waals surface area contributed by atoms with Crippen molar-refractivity contribution in [2.45, 2.75) is 30.9 Å². The van der Waals surface area contributed by atoms with E-state index < -0.39 is 4.21 Å². The van der Waals surface area contributed by atoms with E-state index in [0.717, 1.165) is 21.6 Å². The molecule has 1 rings (SSSR count). The molecule has 0 unspecified atom stereocenters. The van der Waals surface area contributed by atoms with Gasteiger partial charge in [-0.3, -0.25) is 14.4 Å². The van der Waals surface area contributed by atoms with Crippen LogP contribution in [0.1, 0.15) is 37.0 Å². The summed E-state index contributed by atoms with van der Waals surface area (Å²) in [6, 6.07) is 8.66. The first kappa shape index (κ1) is 17.3. The van der Waals surface area contributed by atoms with Crippen molar-refractivity contribution in [2.75, 3.05) is 0 Å². The van der Waals surface area contributed by atoms with Gasteiger partial charge in [-0.05, 0) is 21.6 Å². The molecule has 0 amide bonds. The van der Waals surface area contributed by atoms with Gasteiger partial charge in [0.15, 0.2) is 11.6 Å². The lowest BCUT2D eigenvalue weighted by atomic mass is 10.1. The quantitative estimate of drug-likeness (QED) is 0.428. The lowest BCUT2D eigenvalue weighted by molar-refractivity contribution is -0.127. The highest BCUT2D eigenvalue weighted by atomic mass is 35.5. The molecule has 0 aromatic heterocycles. The molecule has 6 heteroatoms. The average molecular weight is 331 g/mol. The summed E-state index contributed by atoms with van der Waals surface area (Å²) in [4.78, 5) is 35.7. The molecule has 1 aromatic carbocycles. The number of Topliss-reactive ketones (excluding diaryl/α,β-unsaturated/α-hetero) is 2. The molecular formula is C14H15ClO3S2. The van der Waals surface area contributed by atoms with Crippen molar-refractivity contribution >= 4 is 49.9 Å². The third-order valence-electron chi connectivity index (χ3n) is 2.60. The Balaban J connectivity index is 2.80. The minimum absolute atomic E-state index is 0.155. The predicted octanol–water partition coefficient (Wildman–Crippen LogP) is 4.10. The van der Waals surface area contributed by atoms with Gasteiger partial charge in [0.25, 0.3) is 0 Å². The minimum Gasteiger partial charge on any atom is -0.296 e. The number of rotatable bonds is 7. The van der Waals surface area contributed by atoms with Crippen LogP contribution in [-0.2, 0) is 9.59 Å². The molecule has 0 saturated heterocycles. The highest BCUT2D eigenvalue weighted by molar-refractivity contribution is 8.83. The fraction of sp³-hybridized carbons (Fsp3) is 0.357. The van der Waals surface area contributed by atoms with E-state index in [1.165, 1.54) is 0 Å². The van der Waals surface area contributed by atoms with Crippen molar-refractivity contribution in [1.29, 1.82) is 0 Å². The number of halogens is 1. The molecule has 0 aliphatic carbocycles. The first-order valence-electron chi connectivity index (χ1n) is 6.16. The van der Waals surface area contributed by atoms with E-state index in [2.05, 4.69) is 0 Å². The number of benzene rings is 1. The van der Waals surface area contributed by atoms with Crippen LogP contribution in [0.5, 0.6) is 0 Å². The fourth-order valence-electron chi connectivity index (χ4n) is 1.42. The number of carbonyl (C=O) groups is 3. The zero-order valence-electron chi connectivity index (χ0n) is 11.2. The van der Waals surface area contributed by atoms with Gasteiger partial charge in [0.2, 0.25) is 9.32 Å². The Hall–Kier alpha value is -0.780. The van der Waals surface area contributed by atoms with Crippen LogP contribution in [-0.4, -0.2) is 20.9 Å². The molecule has 0 spiro atoms. The van der Waals surface area contributed by atoms with Gasteiger partial charge in [-0.25, -0.2) is 0 Å². The van der Waals surface area contributed by atoms with Crippen molar-refractivity contribution in [3.05, 3.63) is 35.9 Å². The van der Waals surface area contributed by atoms with Gasteiger partial charge < -0.3 is 0 Å². The van der Waals surface area contributed by atoms with Crippen LogP contribution in [0, 0.1) is 0 Å². The molecule has 3 nitrogen and oxygen atoms in total. The molecule has 0 aliphatic rings. The Morgan fingerprint density at radius 1 is 1.05 bits per heavy atom. The lowest BCUT2D eigenvalue weighted by Crippen LogP contribution is -2.36. The summed E-state index contributed by atoms with van der Waals surface area (Å²) in [6.45, 7) is 3.29. The minimum atomic E-state index is -1.67. The zero-order valence-corrected chi connectivity index (χ0v) is 13.6. The highest BCUT2D eigenvalue weighted by Gasteiger charge is 2.43. The van der Waals surface area contributed by atoms with Gasteiger partial charge in [0.05, 0.1) is 0 Å². The second kappa shape index (κ2) is 7.86. The third-order valence-corrected chi connectivity index (χ3v) is 6.14. The fourth-order valence-corrected chi connectivity index (χ4v) is 4.29. The van der Waals surface area contributed by atoms with Gasteiger partial charge >= 0.3 is 0 Å². The third kappa shape index (κ3) is 4.11. The van der Waals surface area contributed by atoms with E-state index in [1.54, 1.807) is 38.1 Å². The van der Waals surface area contributed by atoms with Crippen LogP contribution in [0.4, 0.5) is 0 Å². The maximum Gasteiger partial charge on any atom is 0.229 e. The van der Waals surface area contributed by atoms with Crippen molar-refractivity contribution < 1.29 is 14.4 Å². The molecule has 0 atom stereocenters. The summed E-state index contributed by atoms with van der Waals surface area (Å²) in [7, 11) is 1.65. The number of carbonyl (C=O) groups excluding carboxylic acids is 3. The smallest absolute Gasteiger partial charge is 0.229 e. The summed E-state index contributed by atoms with van der Waals surface area (Å²) in [6.07, 6.45) is 0.310. The monoisotopic (exact) mass is 330 g/mol. The van der Waals surface area contributed by atoms with Crippen LogP contribution < -0.4 is 0 Å². The van der Waals surface area contributed by atoms with Gasteiger partial charge in [-0.2, -0.15) is 0 Å². The van der Waals surface area contributed by atoms with Crippen molar-refractivity contribution in [2.24, 2.45) is 0 Å². The van der Waals surface area contributed by atoms with Crippen LogP contribution in [0.3, 0.4) is 0 Å². The Bertz CT molecular complexity index is 486. The van der Waals surface area contributed by atoms with E-state index in [0.29, 0.717) is 5.56 Å². The second-order valence-electron chi connectivity index (χ2n) is 3.97. The van der Waals surface area contributed by atoms with E-state index >= 15 is 0 Å². The van der Waals surface area contributed by atoms with Crippen LogP contribution in [0.2, 0.25) is 0 Å². The van der Waals surface area contributed by atoms with E-state index in [9.17, 15) is 14.4 Å². The van der Waals surface area contributed by atoms with Crippen LogP contribution in [0.25, 0.3) is 0 Å². The summed E-state index contributed by atoms with van der Waals surface area (Å²) in [5, 5.41) is -0.228. The second-order valence-corrected chi connectivity index (χ2v) is 7.08. The molecule has 0 fully saturated rings. The Labute approximate surface area is 131 Å². The summed E-state index contributed by atoms with van der Waals surface area (Å²) in [5.74, 6) is -0.742. The van der Waals surface area contributed by atoms with Crippen molar-refractivity contribution in [1.82, 2.24) is 0 Å². The first-order valence-corrected chi connectivity index (χ1v) is 8.69. The molecular weight excluding hydrogens is 316 g/mol. The lowest BCUT2D eigenvalue weighted by Gasteiger charge is -2.21. The Kier molecular flexibility index (Phi) is 6.79. The number of hydrogen-bond acceptors (Lipinski definition) is 5. The predicted molar refractivity (Wildman–Crippen MR) is 85.1 cm³/mol. The Morgan fingerprint density at radius 3 is 2.00 bits per heavy atom. The standard InChI is InChI=1S/C14H15ClO3S2/c1-3-11(16)14(15,12(17)4-2)20-19-13(18)10-8-6-5-7-9-10/h5-9H,3-4H2,1-2H3. The molecule has 108 valence electrons. The maximum atomic E-state index is 12.0. The van der Waals surface area contributed by atoms with Crippen LogP contribution >= 0.6 is 33.2 Å². The maximum absolute atomic E-state index is 12.0. The van der Waals surface area contributed by atoms with E-state index in [1.807, 2.05) is 6.07 Å².